The van der Waals surface area contributed by atoms with Crippen LogP contribution >= 0.6 is 0 Å². The first-order valence-corrected chi connectivity index (χ1v) is 12.7. The van der Waals surface area contributed by atoms with Gasteiger partial charge in [-0.1, -0.05) is 12.1 Å². The molecule has 0 aliphatic rings. The first-order valence-electron chi connectivity index (χ1n) is 12.7. The van der Waals surface area contributed by atoms with Gasteiger partial charge in [0, 0.05) is 35.0 Å². The smallest absolute Gasteiger partial charge is 0.489 e. The number of carboxylic acids is 1. The van der Waals surface area contributed by atoms with E-state index < -0.39 is 36.1 Å². The number of nitrogens with zero attached hydrogens (tertiary/aromatic N) is 1. The molecule has 230 valence electrons. The number of ether oxygens (including phenoxy) is 3. The van der Waals surface area contributed by atoms with Crippen LogP contribution in [0.5, 0.6) is 17.2 Å². The van der Waals surface area contributed by atoms with Crippen molar-refractivity contribution in [1.82, 2.24) is 10.3 Å². The number of hydrogen-bond acceptors (Lipinski definition) is 6. The number of carboxylic acid groups (broad SMARTS) is 1. The molecule has 0 unspecified atom stereocenters. The van der Waals surface area contributed by atoms with Gasteiger partial charge in [0.25, 0.3) is 5.91 Å². The summed E-state index contributed by atoms with van der Waals surface area (Å²) in [6, 6.07) is 17.8. The molecule has 0 spiro atoms. The lowest BCUT2D eigenvalue weighted by Crippen LogP contribution is -2.25. The van der Waals surface area contributed by atoms with Gasteiger partial charge in [-0.3, -0.25) is 14.6 Å². The van der Waals surface area contributed by atoms with Crippen molar-refractivity contribution in [3.05, 3.63) is 96.2 Å². The van der Waals surface area contributed by atoms with Crippen LogP contribution in [0.1, 0.15) is 22.3 Å². The highest BCUT2D eigenvalue weighted by molar-refractivity contribution is 5.94. The van der Waals surface area contributed by atoms with E-state index in [-0.39, 0.29) is 25.1 Å². The molecule has 1 aromatic heterocycles. The number of alkyl halides is 6. The minimum atomic E-state index is -4.86. The average Bonchev–Trinajstić information content (AvgIpc) is 2.95. The maximum atomic E-state index is 12.6. The summed E-state index contributed by atoms with van der Waals surface area (Å²) < 4.78 is 89.1. The fourth-order valence-electron chi connectivity index (χ4n) is 3.95. The molecule has 0 fully saturated rings. The quantitative estimate of drug-likeness (QED) is 0.174. The molecular formula is C30H22F6N2O6. The standard InChI is InChI=1S/C30H22F6N2O6/c31-29(32,33)43-23-9-1-18(2-10-23)25-16-38-26(19-3-11-24(12-4-19)44-30(34,35)36)15-21(25)17-42-22-7-5-20(6-8-22)28(41)37-14-13-27(39)40/h1-12,15-16H,13-14,17H2,(H,37,41)(H,39,40). The summed E-state index contributed by atoms with van der Waals surface area (Å²) >= 11 is 0. The van der Waals surface area contributed by atoms with Crippen molar-refractivity contribution >= 4 is 11.9 Å². The van der Waals surface area contributed by atoms with Crippen LogP contribution in [0.3, 0.4) is 0 Å². The number of rotatable bonds is 11. The number of carbonyl (C=O) groups is 2. The molecule has 3 aromatic carbocycles. The number of aliphatic carboxylic acids is 1. The van der Waals surface area contributed by atoms with Crippen molar-refractivity contribution in [2.75, 3.05) is 6.54 Å². The van der Waals surface area contributed by atoms with Gasteiger partial charge in [0.15, 0.2) is 0 Å². The Morgan fingerprint density at radius 3 is 1.80 bits per heavy atom. The maximum absolute atomic E-state index is 12.6. The van der Waals surface area contributed by atoms with Gasteiger partial charge in [-0.15, -0.1) is 26.3 Å². The Morgan fingerprint density at radius 2 is 1.27 bits per heavy atom. The second-order valence-corrected chi connectivity index (χ2v) is 9.08. The molecule has 0 aliphatic heterocycles. The highest BCUT2D eigenvalue weighted by Crippen LogP contribution is 2.32. The zero-order valence-electron chi connectivity index (χ0n) is 22.4. The lowest BCUT2D eigenvalue weighted by Gasteiger charge is -2.15. The summed E-state index contributed by atoms with van der Waals surface area (Å²) in [5.41, 5.74) is 2.62. The largest absolute Gasteiger partial charge is 0.573 e. The van der Waals surface area contributed by atoms with Crippen molar-refractivity contribution in [1.29, 1.82) is 0 Å². The Morgan fingerprint density at radius 1 is 0.750 bits per heavy atom. The Labute approximate surface area is 245 Å². The summed E-state index contributed by atoms with van der Waals surface area (Å²) in [7, 11) is 0. The zero-order valence-corrected chi connectivity index (χ0v) is 22.4. The third-order valence-corrected chi connectivity index (χ3v) is 5.91. The lowest BCUT2D eigenvalue weighted by atomic mass is 10.00. The number of hydrogen-bond donors (Lipinski definition) is 2. The van der Waals surface area contributed by atoms with Crippen LogP contribution in [-0.4, -0.2) is 41.2 Å². The van der Waals surface area contributed by atoms with E-state index in [0.717, 1.165) is 24.3 Å². The van der Waals surface area contributed by atoms with Gasteiger partial charge in [0.05, 0.1) is 12.1 Å². The van der Waals surface area contributed by atoms with E-state index in [1.165, 1.54) is 54.7 Å². The number of carbonyl (C=O) groups excluding carboxylic acids is 1. The van der Waals surface area contributed by atoms with Crippen molar-refractivity contribution in [2.45, 2.75) is 25.8 Å². The number of amides is 1. The Balaban J connectivity index is 1.57. The Bertz CT molecular complexity index is 1590. The highest BCUT2D eigenvalue weighted by atomic mass is 19.4. The van der Waals surface area contributed by atoms with Gasteiger partial charge in [-0.05, 0) is 72.3 Å². The molecule has 8 nitrogen and oxygen atoms in total. The predicted octanol–water partition coefficient (Wildman–Crippen LogP) is 7.00. The number of halogens is 6. The van der Waals surface area contributed by atoms with Gasteiger partial charge in [0.2, 0.25) is 0 Å². The minimum Gasteiger partial charge on any atom is -0.489 e. The molecule has 0 aliphatic carbocycles. The average molecular weight is 621 g/mol. The third kappa shape index (κ3) is 9.37. The van der Waals surface area contributed by atoms with Crippen LogP contribution in [0.25, 0.3) is 22.4 Å². The van der Waals surface area contributed by atoms with Crippen molar-refractivity contribution in [3.63, 3.8) is 0 Å². The van der Waals surface area contributed by atoms with Crippen molar-refractivity contribution < 1.29 is 55.2 Å². The van der Waals surface area contributed by atoms with E-state index in [9.17, 15) is 35.9 Å². The third-order valence-electron chi connectivity index (χ3n) is 5.91. The molecule has 44 heavy (non-hydrogen) atoms. The van der Waals surface area contributed by atoms with Gasteiger partial charge in [0.1, 0.15) is 23.9 Å². The maximum Gasteiger partial charge on any atom is 0.573 e. The molecule has 1 heterocycles. The van der Waals surface area contributed by atoms with Crippen LogP contribution < -0.4 is 19.5 Å². The second-order valence-electron chi connectivity index (χ2n) is 9.08. The second kappa shape index (κ2) is 13.4. The predicted molar refractivity (Wildman–Crippen MR) is 144 cm³/mol. The Kier molecular flexibility index (Phi) is 9.61. The zero-order chi connectivity index (χ0) is 31.9. The topological polar surface area (TPSA) is 107 Å². The summed E-state index contributed by atoms with van der Waals surface area (Å²) in [5.74, 6) is -1.99. The van der Waals surface area contributed by atoms with E-state index >= 15 is 0 Å². The van der Waals surface area contributed by atoms with E-state index in [1.54, 1.807) is 6.07 Å². The first kappa shape index (κ1) is 31.7. The number of pyridine rings is 1. The monoisotopic (exact) mass is 620 g/mol. The molecule has 4 aromatic rings. The van der Waals surface area contributed by atoms with E-state index in [1.807, 2.05) is 0 Å². The minimum absolute atomic E-state index is 0.0407. The number of benzene rings is 3. The molecule has 1 amide bonds. The first-order chi connectivity index (χ1) is 20.8. The molecule has 4 rings (SSSR count). The normalized spacial score (nSPS) is 11.5. The molecule has 2 N–H and O–H groups in total. The van der Waals surface area contributed by atoms with Crippen LogP contribution in [0.2, 0.25) is 0 Å². The molecule has 0 saturated heterocycles. The van der Waals surface area contributed by atoms with Gasteiger partial charge in [-0.2, -0.15) is 0 Å². The fourth-order valence-corrected chi connectivity index (χ4v) is 3.95. The number of aromatic nitrogens is 1. The summed E-state index contributed by atoms with van der Waals surface area (Å²) in [6.07, 6.45) is -8.49. The molecule has 0 saturated carbocycles. The fraction of sp³-hybridized carbons (Fsp3) is 0.167. The molecule has 0 atom stereocenters. The van der Waals surface area contributed by atoms with Crippen LogP contribution in [-0.2, 0) is 11.4 Å². The lowest BCUT2D eigenvalue weighted by molar-refractivity contribution is -0.275. The Hall–Kier alpha value is -5.27. The summed E-state index contributed by atoms with van der Waals surface area (Å²) in [4.78, 5) is 27.2. The van der Waals surface area contributed by atoms with Gasteiger partial charge < -0.3 is 24.6 Å². The van der Waals surface area contributed by atoms with Crippen LogP contribution in [0.4, 0.5) is 26.3 Å². The molecule has 0 bridgehead atoms. The van der Waals surface area contributed by atoms with Crippen molar-refractivity contribution in [2.24, 2.45) is 0 Å². The van der Waals surface area contributed by atoms with E-state index in [0.29, 0.717) is 33.7 Å². The molecule has 0 radical (unpaired) electrons. The van der Waals surface area contributed by atoms with Gasteiger partial charge >= 0.3 is 18.7 Å². The SMILES string of the molecule is O=C(O)CCNC(=O)c1ccc(OCc2cc(-c3ccc(OC(F)(F)F)cc3)ncc2-c2ccc(OC(F)(F)F)cc2)cc1. The summed E-state index contributed by atoms with van der Waals surface area (Å²) in [5, 5.41) is 11.2. The molecule has 14 heteroatoms. The van der Waals surface area contributed by atoms with Gasteiger partial charge in [-0.25, -0.2) is 0 Å². The van der Waals surface area contributed by atoms with Crippen LogP contribution in [0.15, 0.2) is 85.1 Å². The number of nitrogens with one attached hydrogen (secondary N) is 1. The van der Waals surface area contributed by atoms with E-state index in [4.69, 9.17) is 9.84 Å². The van der Waals surface area contributed by atoms with Crippen molar-refractivity contribution in [3.8, 4) is 39.6 Å². The highest BCUT2D eigenvalue weighted by Gasteiger charge is 2.31. The summed E-state index contributed by atoms with van der Waals surface area (Å²) in [6.45, 7) is -0.105. The molecular weight excluding hydrogens is 598 g/mol. The van der Waals surface area contributed by atoms with Crippen LogP contribution in [0, 0.1) is 0 Å². The van der Waals surface area contributed by atoms with E-state index in [2.05, 4.69) is 19.8 Å².